The van der Waals surface area contributed by atoms with Gasteiger partial charge < -0.3 is 32.7 Å². The fourth-order valence-electron chi connectivity index (χ4n) is 7.17. The second-order valence-electron chi connectivity index (χ2n) is 13.6. The van der Waals surface area contributed by atoms with Crippen molar-refractivity contribution in [3.63, 3.8) is 0 Å². The highest BCUT2D eigenvalue weighted by Crippen LogP contribution is 2.53. The standard InChI is InChI=1S/C40H47N4O9P/c1-26(2)44(27(3)4)54(50-24-10-22-41)53-37-36-35(51-38(37)43-23-21-34(45)42-39(43)46)33(25-49-36)52-40(28-11-8-7-9-12-28,29-13-17-31(47-5)18-14-29)30-15-19-32(48-6)20-16-30/h7-9,11-21,23,26-27,33,35-38H,10,24-25H2,1-6H3,(H,42,45,46)/t33-,35-,36+,37-,38-,54?/m1/s1. The molecule has 4 aromatic rings. The maximum absolute atomic E-state index is 13.3. The summed E-state index contributed by atoms with van der Waals surface area (Å²) in [6.07, 6.45) is -2.42. The van der Waals surface area contributed by atoms with E-state index in [-0.39, 0.29) is 31.7 Å². The molecule has 0 aliphatic carbocycles. The SMILES string of the molecule is COc1ccc(C(O[C@@H]2CO[C@@H]3[C@@H](OP(OCCC#N)N(C(C)C)C(C)C)[C@H](n4ccc(=O)[nH]c4=O)O[C@@H]32)(c2ccccc2)c2ccc(OC)cc2)cc1. The Labute approximate surface area is 316 Å². The van der Waals surface area contributed by atoms with Crippen LogP contribution < -0.4 is 20.7 Å². The molecule has 3 aromatic carbocycles. The summed E-state index contributed by atoms with van der Waals surface area (Å²) in [5.74, 6) is 1.39. The van der Waals surface area contributed by atoms with Gasteiger partial charge in [0, 0.05) is 24.3 Å². The van der Waals surface area contributed by atoms with Gasteiger partial charge in [-0.2, -0.15) is 5.26 Å². The van der Waals surface area contributed by atoms with Crippen LogP contribution in [0.3, 0.4) is 0 Å². The maximum atomic E-state index is 13.3. The maximum Gasteiger partial charge on any atom is 0.330 e. The van der Waals surface area contributed by atoms with E-state index in [9.17, 15) is 14.9 Å². The van der Waals surface area contributed by atoms with E-state index in [0.717, 1.165) is 16.7 Å². The molecule has 0 bridgehead atoms. The molecule has 286 valence electrons. The second kappa shape index (κ2) is 17.4. The number of nitrogens with zero attached hydrogens (tertiary/aromatic N) is 3. The zero-order valence-corrected chi connectivity index (χ0v) is 32.2. The van der Waals surface area contributed by atoms with Gasteiger partial charge in [0.25, 0.3) is 14.1 Å². The van der Waals surface area contributed by atoms with Crippen LogP contribution in [0.2, 0.25) is 0 Å². The first kappa shape index (κ1) is 39.3. The summed E-state index contributed by atoms with van der Waals surface area (Å²) in [7, 11) is 1.47. The molecule has 13 nitrogen and oxygen atoms in total. The summed E-state index contributed by atoms with van der Waals surface area (Å²) in [5, 5.41) is 9.30. The molecule has 2 aliphatic rings. The number of benzene rings is 3. The van der Waals surface area contributed by atoms with Gasteiger partial charge in [-0.25, -0.2) is 9.46 Å². The minimum absolute atomic E-state index is 0.0200. The van der Waals surface area contributed by atoms with Gasteiger partial charge in [0.05, 0.1) is 39.9 Å². The summed E-state index contributed by atoms with van der Waals surface area (Å²) in [5.41, 5.74) is 0.162. The fourth-order valence-corrected chi connectivity index (χ4v) is 8.91. The van der Waals surface area contributed by atoms with Crippen LogP contribution in [0.25, 0.3) is 0 Å². The van der Waals surface area contributed by atoms with Crippen molar-refractivity contribution in [2.75, 3.05) is 27.4 Å². The number of rotatable bonds is 16. The highest BCUT2D eigenvalue weighted by Gasteiger charge is 2.58. The van der Waals surface area contributed by atoms with E-state index >= 15 is 0 Å². The van der Waals surface area contributed by atoms with Crippen LogP contribution in [0.1, 0.15) is 57.0 Å². The summed E-state index contributed by atoms with van der Waals surface area (Å²) in [6, 6.07) is 28.8. The lowest BCUT2D eigenvalue weighted by Crippen LogP contribution is -2.42. The quantitative estimate of drug-likeness (QED) is 0.0830. The third kappa shape index (κ3) is 8.02. The normalized spacial score (nSPS) is 21.7. The third-order valence-corrected chi connectivity index (χ3v) is 11.7. The lowest BCUT2D eigenvalue weighted by Gasteiger charge is -2.39. The first-order valence-electron chi connectivity index (χ1n) is 18.0. The smallest absolute Gasteiger partial charge is 0.330 e. The zero-order chi connectivity index (χ0) is 38.4. The number of methoxy groups -OCH3 is 2. The van der Waals surface area contributed by atoms with Crippen LogP contribution in [0.15, 0.2) is 101 Å². The molecule has 3 heterocycles. The molecule has 6 atom stereocenters. The Hall–Kier alpha value is -4.38. The molecule has 0 saturated carbocycles. The number of hydrogen-bond acceptors (Lipinski definition) is 11. The Morgan fingerprint density at radius 1 is 0.889 bits per heavy atom. The predicted octanol–water partition coefficient (Wildman–Crippen LogP) is 5.89. The highest BCUT2D eigenvalue weighted by molar-refractivity contribution is 7.44. The van der Waals surface area contributed by atoms with E-state index in [1.165, 1.54) is 16.8 Å². The monoisotopic (exact) mass is 758 g/mol. The number of hydrogen-bond donors (Lipinski definition) is 1. The van der Waals surface area contributed by atoms with Crippen molar-refractivity contribution in [2.45, 2.75) is 82.4 Å². The molecule has 2 fully saturated rings. The average Bonchev–Trinajstić information content (AvgIpc) is 3.73. The molecule has 2 saturated heterocycles. The number of aromatic amines is 1. The van der Waals surface area contributed by atoms with Gasteiger partial charge >= 0.3 is 5.69 Å². The van der Waals surface area contributed by atoms with Crippen LogP contribution in [0.5, 0.6) is 11.5 Å². The van der Waals surface area contributed by atoms with Crippen molar-refractivity contribution in [3.8, 4) is 17.6 Å². The topological polar surface area (TPSA) is 146 Å². The fraction of sp³-hybridized carbons (Fsp3) is 0.425. The van der Waals surface area contributed by atoms with E-state index in [0.29, 0.717) is 11.5 Å². The van der Waals surface area contributed by atoms with E-state index in [1.54, 1.807) is 14.2 Å². The Kier molecular flexibility index (Phi) is 12.7. The Morgan fingerprint density at radius 2 is 1.48 bits per heavy atom. The summed E-state index contributed by atoms with van der Waals surface area (Å²) in [6.45, 7) is 8.47. The number of aromatic nitrogens is 2. The summed E-state index contributed by atoms with van der Waals surface area (Å²) in [4.78, 5) is 27.8. The van der Waals surface area contributed by atoms with Gasteiger partial charge in [-0.3, -0.25) is 14.3 Å². The van der Waals surface area contributed by atoms with E-state index in [4.69, 9.17) is 32.7 Å². The first-order valence-corrected chi connectivity index (χ1v) is 19.1. The third-order valence-electron chi connectivity index (χ3n) is 9.55. The van der Waals surface area contributed by atoms with Crippen LogP contribution in [0.4, 0.5) is 0 Å². The molecule has 54 heavy (non-hydrogen) atoms. The molecule has 0 radical (unpaired) electrons. The van der Waals surface area contributed by atoms with Crippen molar-refractivity contribution in [3.05, 3.63) is 129 Å². The van der Waals surface area contributed by atoms with Crippen LogP contribution >= 0.6 is 8.53 Å². The number of fused-ring (bicyclic) bond motifs is 1. The average molecular weight is 759 g/mol. The number of nitrogens with one attached hydrogen (secondary N) is 1. The lowest BCUT2D eigenvalue weighted by atomic mass is 9.79. The summed E-state index contributed by atoms with van der Waals surface area (Å²) < 4.78 is 48.3. The molecule has 0 spiro atoms. The molecular formula is C40H47N4O9P. The Balaban J connectivity index is 1.45. The van der Waals surface area contributed by atoms with Gasteiger partial charge in [-0.15, -0.1) is 0 Å². The Morgan fingerprint density at radius 3 is 2.02 bits per heavy atom. The highest BCUT2D eigenvalue weighted by atomic mass is 31.2. The van der Waals surface area contributed by atoms with Crippen molar-refractivity contribution >= 4 is 8.53 Å². The molecule has 0 amide bonds. The van der Waals surface area contributed by atoms with E-state index in [2.05, 4.69) is 15.7 Å². The van der Waals surface area contributed by atoms with Gasteiger partial charge in [0.2, 0.25) is 0 Å². The van der Waals surface area contributed by atoms with Crippen LogP contribution in [0, 0.1) is 11.3 Å². The van der Waals surface area contributed by atoms with Crippen molar-refractivity contribution in [2.24, 2.45) is 0 Å². The van der Waals surface area contributed by atoms with Crippen LogP contribution in [-0.2, 0) is 28.9 Å². The molecule has 1 aromatic heterocycles. The van der Waals surface area contributed by atoms with Crippen LogP contribution in [-0.4, -0.2) is 78.2 Å². The molecule has 1 unspecified atom stereocenters. The number of H-pyrrole nitrogens is 1. The minimum Gasteiger partial charge on any atom is -0.497 e. The van der Waals surface area contributed by atoms with Gasteiger partial charge in [-0.05, 0) is 68.7 Å². The number of ether oxygens (including phenoxy) is 5. The van der Waals surface area contributed by atoms with Gasteiger partial charge in [0.15, 0.2) is 6.23 Å². The molecule has 14 heteroatoms. The van der Waals surface area contributed by atoms with Gasteiger partial charge in [-0.1, -0.05) is 54.6 Å². The molecule has 6 rings (SSSR count). The van der Waals surface area contributed by atoms with Crippen molar-refractivity contribution < 1.29 is 32.7 Å². The zero-order valence-electron chi connectivity index (χ0n) is 31.3. The summed E-state index contributed by atoms with van der Waals surface area (Å²) >= 11 is 0. The minimum atomic E-state index is -1.77. The second-order valence-corrected chi connectivity index (χ2v) is 15.0. The molecule has 2 aliphatic heterocycles. The number of nitriles is 1. The van der Waals surface area contributed by atoms with Gasteiger partial charge in [0.1, 0.15) is 41.5 Å². The lowest BCUT2D eigenvalue weighted by molar-refractivity contribution is -0.127. The first-order chi connectivity index (χ1) is 26.1. The Bertz CT molecular complexity index is 1930. The molecule has 1 N–H and O–H groups in total. The largest absolute Gasteiger partial charge is 0.497 e. The molecular weight excluding hydrogens is 711 g/mol. The van der Waals surface area contributed by atoms with E-state index < -0.39 is 56.0 Å². The van der Waals surface area contributed by atoms with Crippen molar-refractivity contribution in [1.82, 2.24) is 14.2 Å². The van der Waals surface area contributed by atoms with Crippen molar-refractivity contribution in [1.29, 1.82) is 5.26 Å². The van der Waals surface area contributed by atoms with E-state index in [1.807, 2.05) is 107 Å². The predicted molar refractivity (Wildman–Crippen MR) is 202 cm³/mol.